The van der Waals surface area contributed by atoms with Gasteiger partial charge in [-0.1, -0.05) is 24.3 Å². The van der Waals surface area contributed by atoms with Gasteiger partial charge >= 0.3 is 6.09 Å². The first-order valence-electron chi connectivity index (χ1n) is 9.71. The number of nitrogens with zero attached hydrogens (tertiary/aromatic N) is 2. The van der Waals surface area contributed by atoms with Crippen molar-refractivity contribution in [3.05, 3.63) is 40.5 Å². The number of aliphatic hydroxyl groups is 1. The highest BCUT2D eigenvalue weighted by atomic mass is 32.1. The number of rotatable bonds is 5. The Morgan fingerprint density at radius 1 is 1.31 bits per heavy atom. The molecule has 1 aliphatic rings. The monoisotopic (exact) mass is 417 g/mol. The van der Waals surface area contributed by atoms with Crippen LogP contribution in [0.1, 0.15) is 36.5 Å². The molecule has 1 aromatic heterocycles. The molecule has 2 N–H and O–H groups in total. The maximum Gasteiger partial charge on any atom is 0.410 e. The topological polar surface area (TPSA) is 91.8 Å². The Kier molecular flexibility index (Phi) is 6.54. The molecule has 2 atom stereocenters. The van der Waals surface area contributed by atoms with Crippen molar-refractivity contribution < 1.29 is 19.4 Å². The van der Waals surface area contributed by atoms with Crippen molar-refractivity contribution in [2.24, 2.45) is 0 Å². The quantitative estimate of drug-likeness (QED) is 0.780. The third kappa shape index (κ3) is 5.13. The first-order chi connectivity index (χ1) is 13.7. The number of ether oxygens (including phenoxy) is 1. The Bertz CT molecular complexity index is 879. The molecule has 29 heavy (non-hydrogen) atoms. The molecule has 0 saturated carbocycles. The maximum absolute atomic E-state index is 12.6. The van der Waals surface area contributed by atoms with E-state index >= 15 is 0 Å². The van der Waals surface area contributed by atoms with Gasteiger partial charge in [0.15, 0.2) is 0 Å². The zero-order chi connectivity index (χ0) is 21.1. The molecule has 0 spiro atoms. The molecule has 0 radical (unpaired) electrons. The smallest absolute Gasteiger partial charge is 0.410 e. The fraction of sp³-hybridized carbons (Fsp3) is 0.476. The Balaban J connectivity index is 1.61. The van der Waals surface area contributed by atoms with Crippen LogP contribution in [0.2, 0.25) is 0 Å². The van der Waals surface area contributed by atoms with Crippen LogP contribution in [0.25, 0.3) is 10.4 Å². The van der Waals surface area contributed by atoms with Crippen molar-refractivity contribution in [3.63, 3.8) is 0 Å². The lowest BCUT2D eigenvalue weighted by molar-refractivity contribution is -0.125. The number of carbonyl (C=O) groups is 2. The van der Waals surface area contributed by atoms with Crippen LogP contribution < -0.4 is 5.32 Å². The number of hydrogen-bond acceptors (Lipinski definition) is 6. The predicted octanol–water partition coefficient (Wildman–Crippen LogP) is 3.02. The lowest BCUT2D eigenvalue weighted by Gasteiger charge is -2.24. The normalized spacial score (nSPS) is 18.9. The van der Waals surface area contributed by atoms with E-state index in [1.54, 1.807) is 25.2 Å². The molecule has 2 aromatic rings. The minimum Gasteiger partial charge on any atom is -0.447 e. The second kappa shape index (κ2) is 8.92. The van der Waals surface area contributed by atoms with Gasteiger partial charge in [-0.3, -0.25) is 9.69 Å². The zero-order valence-corrected chi connectivity index (χ0v) is 18.0. The fourth-order valence-corrected chi connectivity index (χ4v) is 4.34. The van der Waals surface area contributed by atoms with E-state index in [2.05, 4.69) is 10.3 Å². The van der Waals surface area contributed by atoms with E-state index in [-0.39, 0.29) is 25.0 Å². The molecule has 0 aliphatic carbocycles. The van der Waals surface area contributed by atoms with Crippen LogP contribution in [0, 0.1) is 13.8 Å². The van der Waals surface area contributed by atoms with Gasteiger partial charge in [0.05, 0.1) is 34.3 Å². The summed E-state index contributed by atoms with van der Waals surface area (Å²) >= 11 is 1.66. The van der Waals surface area contributed by atoms with Crippen molar-refractivity contribution in [1.82, 2.24) is 15.2 Å². The number of thiazole rings is 1. The molecular weight excluding hydrogens is 390 g/mol. The second-order valence-electron chi connectivity index (χ2n) is 7.55. The average Bonchev–Trinajstić information content (AvgIpc) is 3.21. The fourth-order valence-electron chi connectivity index (χ4n) is 3.41. The molecule has 8 heteroatoms. The molecule has 1 aliphatic heterocycles. The number of aromatic nitrogens is 1. The molecule has 3 rings (SSSR count). The summed E-state index contributed by atoms with van der Waals surface area (Å²) in [5, 5.41) is 13.8. The molecule has 2 amide bonds. The van der Waals surface area contributed by atoms with E-state index in [0.717, 1.165) is 26.7 Å². The van der Waals surface area contributed by atoms with Crippen molar-refractivity contribution in [2.75, 3.05) is 6.54 Å². The summed E-state index contributed by atoms with van der Waals surface area (Å²) < 4.78 is 5.18. The number of likely N-dealkylation sites (tertiary alicyclic amines) is 1. The van der Waals surface area contributed by atoms with Gasteiger partial charge in [0, 0.05) is 13.0 Å². The number of hydrogen-bond donors (Lipinski definition) is 2. The number of carbonyl (C=O) groups excluding carboxylic acids is 2. The van der Waals surface area contributed by atoms with Gasteiger partial charge in [0.2, 0.25) is 5.91 Å². The minimum absolute atomic E-state index is 0.103. The number of β-amino-alcohol motifs (C(OH)–C–C–N with tert-alkyl or cyclic N) is 1. The van der Waals surface area contributed by atoms with E-state index in [4.69, 9.17) is 4.74 Å². The largest absolute Gasteiger partial charge is 0.447 e. The standard InChI is InChI=1S/C21H27N3O4S/c1-12(2)28-21(27)24-11-17(25)9-18(24)20(26)22-10-15-5-7-16(8-6-15)19-13(3)23-14(4)29-19/h5-8,12,17-18,25H,9-11H2,1-4H3,(H,22,26). The van der Waals surface area contributed by atoms with Crippen molar-refractivity contribution in [3.8, 4) is 10.4 Å². The molecule has 1 saturated heterocycles. The molecule has 1 fully saturated rings. The minimum atomic E-state index is -0.726. The number of aliphatic hydroxyl groups excluding tert-OH is 1. The van der Waals surface area contributed by atoms with Gasteiger partial charge in [-0.2, -0.15) is 0 Å². The Hall–Kier alpha value is -2.45. The summed E-state index contributed by atoms with van der Waals surface area (Å²) in [6.45, 7) is 7.94. The Morgan fingerprint density at radius 3 is 2.59 bits per heavy atom. The number of nitrogens with one attached hydrogen (secondary N) is 1. The third-order valence-corrected chi connectivity index (χ3v) is 5.86. The lowest BCUT2D eigenvalue weighted by Crippen LogP contribution is -2.46. The summed E-state index contributed by atoms with van der Waals surface area (Å²) in [7, 11) is 0. The molecule has 1 aromatic carbocycles. The average molecular weight is 418 g/mol. The van der Waals surface area contributed by atoms with Crippen LogP contribution in [-0.4, -0.2) is 51.8 Å². The molecule has 0 bridgehead atoms. The first-order valence-corrected chi connectivity index (χ1v) is 10.5. The summed E-state index contributed by atoms with van der Waals surface area (Å²) in [6, 6.07) is 7.26. The predicted molar refractivity (Wildman–Crippen MR) is 112 cm³/mol. The third-order valence-electron chi connectivity index (χ3n) is 4.74. The highest BCUT2D eigenvalue weighted by Crippen LogP contribution is 2.29. The van der Waals surface area contributed by atoms with Crippen LogP contribution >= 0.6 is 11.3 Å². The van der Waals surface area contributed by atoms with Crippen LogP contribution in [0.15, 0.2) is 24.3 Å². The van der Waals surface area contributed by atoms with Crippen LogP contribution in [0.4, 0.5) is 4.79 Å². The Morgan fingerprint density at radius 2 is 2.00 bits per heavy atom. The molecule has 2 unspecified atom stereocenters. The first kappa shape index (κ1) is 21.3. The maximum atomic E-state index is 12.6. The SMILES string of the molecule is Cc1nc(C)c(-c2ccc(CNC(=O)C3CC(O)CN3C(=O)OC(C)C)cc2)s1. The van der Waals surface area contributed by atoms with Crippen LogP contribution in [0.5, 0.6) is 0 Å². The van der Waals surface area contributed by atoms with Crippen LogP contribution in [0.3, 0.4) is 0 Å². The van der Waals surface area contributed by atoms with Gasteiger partial charge in [-0.25, -0.2) is 9.78 Å². The number of benzene rings is 1. The molecular formula is C21H27N3O4S. The van der Waals surface area contributed by atoms with Crippen molar-refractivity contribution in [2.45, 2.75) is 58.9 Å². The van der Waals surface area contributed by atoms with E-state index in [9.17, 15) is 14.7 Å². The van der Waals surface area contributed by atoms with Gasteiger partial charge in [0.25, 0.3) is 0 Å². The van der Waals surface area contributed by atoms with E-state index in [0.29, 0.717) is 6.54 Å². The summed E-state index contributed by atoms with van der Waals surface area (Å²) in [5.74, 6) is -0.291. The van der Waals surface area contributed by atoms with E-state index in [1.807, 2.05) is 38.1 Å². The summed E-state index contributed by atoms with van der Waals surface area (Å²) in [6.07, 6.45) is -1.37. The van der Waals surface area contributed by atoms with E-state index in [1.165, 1.54) is 4.90 Å². The summed E-state index contributed by atoms with van der Waals surface area (Å²) in [5.41, 5.74) is 3.07. The second-order valence-corrected chi connectivity index (χ2v) is 8.76. The van der Waals surface area contributed by atoms with Gasteiger partial charge in [-0.05, 0) is 38.8 Å². The van der Waals surface area contributed by atoms with E-state index < -0.39 is 18.2 Å². The summed E-state index contributed by atoms with van der Waals surface area (Å²) in [4.78, 5) is 31.7. The van der Waals surface area contributed by atoms with Crippen molar-refractivity contribution >= 4 is 23.3 Å². The van der Waals surface area contributed by atoms with Crippen molar-refractivity contribution in [1.29, 1.82) is 0 Å². The molecule has 7 nitrogen and oxygen atoms in total. The van der Waals surface area contributed by atoms with Gasteiger partial charge < -0.3 is 15.2 Å². The Labute approximate surface area is 174 Å². The number of amides is 2. The molecule has 2 heterocycles. The lowest BCUT2D eigenvalue weighted by atomic mass is 10.1. The van der Waals surface area contributed by atoms with Gasteiger partial charge in [-0.15, -0.1) is 11.3 Å². The zero-order valence-electron chi connectivity index (χ0n) is 17.1. The highest BCUT2D eigenvalue weighted by molar-refractivity contribution is 7.15. The van der Waals surface area contributed by atoms with Crippen LogP contribution in [-0.2, 0) is 16.1 Å². The number of aryl methyl sites for hydroxylation is 2. The molecule has 156 valence electrons. The van der Waals surface area contributed by atoms with Gasteiger partial charge in [0.1, 0.15) is 6.04 Å². The highest BCUT2D eigenvalue weighted by Gasteiger charge is 2.39.